The first kappa shape index (κ1) is 24.7. The van der Waals surface area contributed by atoms with Crippen LogP contribution in [0.4, 0.5) is 28.9 Å². The Hall–Kier alpha value is -4.57. The van der Waals surface area contributed by atoms with E-state index < -0.39 is 34.7 Å². The van der Waals surface area contributed by atoms with E-state index in [1.807, 2.05) is 17.0 Å². The van der Waals surface area contributed by atoms with Gasteiger partial charge in [-0.2, -0.15) is 0 Å². The second-order valence-corrected chi connectivity index (χ2v) is 9.01. The van der Waals surface area contributed by atoms with Crippen molar-refractivity contribution in [3.8, 4) is 11.1 Å². The molecule has 196 valence electrons. The molecule has 39 heavy (non-hydrogen) atoms. The summed E-state index contributed by atoms with van der Waals surface area (Å²) in [5, 5.41) is 3.98. The number of benzene rings is 3. The van der Waals surface area contributed by atoms with Gasteiger partial charge in [0.25, 0.3) is 5.91 Å². The molecule has 3 aromatic carbocycles. The highest BCUT2D eigenvalue weighted by Crippen LogP contribution is 2.40. The number of carbonyl (C=O) groups is 1. The van der Waals surface area contributed by atoms with Gasteiger partial charge < -0.3 is 15.0 Å². The average Bonchev–Trinajstić information content (AvgIpc) is 2.95. The summed E-state index contributed by atoms with van der Waals surface area (Å²) in [6.07, 6.45) is 2.90. The molecule has 1 N–H and O–H groups in total. The van der Waals surface area contributed by atoms with Crippen molar-refractivity contribution in [2.45, 2.75) is 0 Å². The first-order valence-corrected chi connectivity index (χ1v) is 12.2. The van der Waals surface area contributed by atoms with Crippen LogP contribution in [0.25, 0.3) is 32.9 Å². The number of ether oxygens (including phenoxy) is 1. The van der Waals surface area contributed by atoms with Crippen LogP contribution in [-0.2, 0) is 4.74 Å². The highest BCUT2D eigenvalue weighted by atomic mass is 19.2. The van der Waals surface area contributed by atoms with Crippen molar-refractivity contribution in [3.05, 3.63) is 95.8 Å². The van der Waals surface area contributed by atoms with E-state index in [1.54, 1.807) is 24.4 Å². The van der Waals surface area contributed by atoms with Gasteiger partial charge in [0.05, 0.1) is 47.4 Å². The van der Waals surface area contributed by atoms with Crippen LogP contribution in [0.15, 0.2) is 67.0 Å². The number of nitrogens with zero attached hydrogens (tertiary/aromatic N) is 3. The number of hydrogen-bond donors (Lipinski definition) is 1. The SMILES string of the molecule is O=C(Nc1cnc2c(-c3cc(F)c(F)cc3F)c(F)ccc2c1N1CCOCC1)c1ccnc2ccccc12. The number of carbonyl (C=O) groups excluding carboxylic acids is 1. The van der Waals surface area contributed by atoms with Crippen LogP contribution < -0.4 is 10.2 Å². The van der Waals surface area contributed by atoms with Gasteiger partial charge in [-0.05, 0) is 30.3 Å². The Morgan fingerprint density at radius 3 is 2.44 bits per heavy atom. The molecular formula is C29H20F4N4O2. The first-order valence-electron chi connectivity index (χ1n) is 12.2. The fraction of sp³-hybridized carbons (Fsp3) is 0.138. The monoisotopic (exact) mass is 532 g/mol. The Labute approximate surface area is 219 Å². The fourth-order valence-corrected chi connectivity index (χ4v) is 4.90. The standard InChI is InChI=1S/C29H20F4N4O2/c30-20-6-5-18-27(26(20)19-13-22(32)23(33)14-21(19)31)35-15-25(28(18)37-9-11-39-12-10-37)36-29(38)17-7-8-34-24-4-2-1-3-16(17)24/h1-8,13-15H,9-12H2,(H,36,38). The van der Waals surface area contributed by atoms with E-state index in [9.17, 15) is 18.0 Å². The molecule has 1 fully saturated rings. The number of hydrogen-bond acceptors (Lipinski definition) is 5. The van der Waals surface area contributed by atoms with E-state index in [-0.39, 0.29) is 11.1 Å². The van der Waals surface area contributed by atoms with Gasteiger partial charge in [-0.1, -0.05) is 18.2 Å². The van der Waals surface area contributed by atoms with Crippen LogP contribution in [0, 0.1) is 23.3 Å². The third-order valence-electron chi connectivity index (χ3n) is 6.71. The molecule has 1 amide bonds. The molecule has 0 unspecified atom stereocenters. The molecule has 10 heteroatoms. The number of pyridine rings is 2. The molecule has 0 saturated carbocycles. The minimum atomic E-state index is -1.38. The van der Waals surface area contributed by atoms with Crippen molar-refractivity contribution in [1.82, 2.24) is 9.97 Å². The molecule has 6 nitrogen and oxygen atoms in total. The van der Waals surface area contributed by atoms with Gasteiger partial charge in [-0.25, -0.2) is 17.6 Å². The second kappa shape index (κ2) is 9.95. The Morgan fingerprint density at radius 1 is 0.846 bits per heavy atom. The van der Waals surface area contributed by atoms with E-state index >= 15 is 4.39 Å². The molecule has 0 aliphatic carbocycles. The molecule has 5 aromatic rings. The van der Waals surface area contributed by atoms with Crippen LogP contribution in [0.3, 0.4) is 0 Å². The number of aromatic nitrogens is 2. The maximum absolute atomic E-state index is 15.1. The van der Waals surface area contributed by atoms with Gasteiger partial charge in [-0.3, -0.25) is 14.8 Å². The Balaban J connectivity index is 1.53. The van der Waals surface area contributed by atoms with Crippen molar-refractivity contribution in [1.29, 1.82) is 0 Å². The first-order chi connectivity index (χ1) is 18.9. The highest BCUT2D eigenvalue weighted by molar-refractivity contribution is 6.15. The molecule has 1 saturated heterocycles. The number of morpholine rings is 1. The number of fused-ring (bicyclic) bond motifs is 2. The zero-order valence-electron chi connectivity index (χ0n) is 20.3. The van der Waals surface area contributed by atoms with Gasteiger partial charge in [-0.15, -0.1) is 0 Å². The zero-order chi connectivity index (χ0) is 27.1. The van der Waals surface area contributed by atoms with E-state index in [0.717, 1.165) is 6.07 Å². The van der Waals surface area contributed by atoms with E-state index in [0.29, 0.717) is 71.7 Å². The van der Waals surface area contributed by atoms with E-state index in [4.69, 9.17) is 4.74 Å². The number of nitrogens with one attached hydrogen (secondary N) is 1. The van der Waals surface area contributed by atoms with E-state index in [2.05, 4.69) is 15.3 Å². The molecule has 0 atom stereocenters. The van der Waals surface area contributed by atoms with Crippen LogP contribution in [0.5, 0.6) is 0 Å². The lowest BCUT2D eigenvalue weighted by Gasteiger charge is -2.31. The van der Waals surface area contributed by atoms with Crippen molar-refractivity contribution in [2.75, 3.05) is 36.5 Å². The third-order valence-corrected chi connectivity index (χ3v) is 6.71. The summed E-state index contributed by atoms with van der Waals surface area (Å²) in [6, 6.07) is 12.4. The predicted octanol–water partition coefficient (Wildman–Crippen LogP) is 6.10. The molecule has 0 spiro atoms. The third kappa shape index (κ3) is 4.42. The van der Waals surface area contributed by atoms with Crippen LogP contribution in [0.2, 0.25) is 0 Å². The minimum absolute atomic E-state index is 0.0359. The van der Waals surface area contributed by atoms with Gasteiger partial charge in [0.15, 0.2) is 11.6 Å². The smallest absolute Gasteiger partial charge is 0.256 e. The molecule has 6 rings (SSSR count). The number of rotatable bonds is 4. The summed E-state index contributed by atoms with van der Waals surface area (Å²) < 4.78 is 63.1. The number of para-hydroxylation sites is 1. The lowest BCUT2D eigenvalue weighted by Crippen LogP contribution is -2.37. The second-order valence-electron chi connectivity index (χ2n) is 9.01. The minimum Gasteiger partial charge on any atom is -0.378 e. The summed E-state index contributed by atoms with van der Waals surface area (Å²) in [5.74, 6) is -5.08. The topological polar surface area (TPSA) is 67.4 Å². The summed E-state index contributed by atoms with van der Waals surface area (Å²) in [6.45, 7) is 1.76. The molecule has 3 heterocycles. The number of amides is 1. The van der Waals surface area contributed by atoms with E-state index in [1.165, 1.54) is 12.3 Å². The summed E-state index contributed by atoms with van der Waals surface area (Å²) >= 11 is 0. The van der Waals surface area contributed by atoms with Gasteiger partial charge in [0.2, 0.25) is 0 Å². The van der Waals surface area contributed by atoms with Gasteiger partial charge in [0, 0.05) is 47.3 Å². The quantitative estimate of drug-likeness (QED) is 0.224. The van der Waals surface area contributed by atoms with Gasteiger partial charge in [0.1, 0.15) is 11.6 Å². The van der Waals surface area contributed by atoms with Crippen molar-refractivity contribution in [3.63, 3.8) is 0 Å². The van der Waals surface area contributed by atoms with Crippen molar-refractivity contribution in [2.24, 2.45) is 0 Å². The van der Waals surface area contributed by atoms with Crippen LogP contribution >= 0.6 is 0 Å². The Kier molecular flexibility index (Phi) is 6.32. The maximum atomic E-state index is 15.1. The summed E-state index contributed by atoms with van der Waals surface area (Å²) in [7, 11) is 0. The highest BCUT2D eigenvalue weighted by Gasteiger charge is 2.25. The summed E-state index contributed by atoms with van der Waals surface area (Å²) in [4.78, 5) is 24.1. The molecule has 2 aromatic heterocycles. The zero-order valence-corrected chi connectivity index (χ0v) is 20.3. The average molecular weight is 532 g/mol. The molecule has 1 aliphatic heterocycles. The Morgan fingerprint density at radius 2 is 1.62 bits per heavy atom. The molecule has 1 aliphatic rings. The fourth-order valence-electron chi connectivity index (χ4n) is 4.90. The van der Waals surface area contributed by atoms with Crippen molar-refractivity contribution >= 4 is 39.1 Å². The molecule has 0 radical (unpaired) electrons. The van der Waals surface area contributed by atoms with Crippen LogP contribution in [-0.4, -0.2) is 42.2 Å². The normalized spacial score (nSPS) is 13.7. The van der Waals surface area contributed by atoms with Gasteiger partial charge >= 0.3 is 0 Å². The maximum Gasteiger partial charge on any atom is 0.256 e. The van der Waals surface area contributed by atoms with Crippen LogP contribution in [0.1, 0.15) is 10.4 Å². The number of anilines is 2. The molecular weight excluding hydrogens is 512 g/mol. The number of halogens is 4. The predicted molar refractivity (Wildman–Crippen MR) is 140 cm³/mol. The lowest BCUT2D eigenvalue weighted by atomic mass is 9.98. The Bertz CT molecular complexity index is 1750. The molecule has 0 bridgehead atoms. The summed E-state index contributed by atoms with van der Waals surface area (Å²) in [5.41, 5.74) is 1.20. The largest absolute Gasteiger partial charge is 0.378 e. The van der Waals surface area contributed by atoms with Crippen molar-refractivity contribution < 1.29 is 27.1 Å². The lowest BCUT2D eigenvalue weighted by molar-refractivity contribution is 0.102.